The van der Waals surface area contributed by atoms with E-state index in [1.54, 1.807) is 13.8 Å². The minimum absolute atomic E-state index is 0.0165. The summed E-state index contributed by atoms with van der Waals surface area (Å²) in [6, 6.07) is 0. The van der Waals surface area contributed by atoms with Crippen LogP contribution in [-0.2, 0) is 9.59 Å². The second-order valence-corrected chi connectivity index (χ2v) is 5.76. The molecule has 1 rings (SSSR count). The number of rotatable bonds is 6. The Kier molecular flexibility index (Phi) is 5.59. The molecule has 0 aromatic heterocycles. The molecule has 0 atom stereocenters. The number of hydrogen-bond donors (Lipinski definition) is 3. The van der Waals surface area contributed by atoms with Crippen LogP contribution >= 0.6 is 0 Å². The molecular formula is C13H25N3O2. The fraction of sp³-hybridized carbons (Fsp3) is 0.846. The summed E-state index contributed by atoms with van der Waals surface area (Å²) in [5, 5.41) is 6.10. The summed E-state index contributed by atoms with van der Waals surface area (Å²) in [5.74, 6) is 0.283. The molecule has 18 heavy (non-hydrogen) atoms. The molecule has 4 N–H and O–H groups in total. The molecule has 0 spiro atoms. The summed E-state index contributed by atoms with van der Waals surface area (Å²) in [6.07, 6.45) is 3.78. The molecule has 0 saturated carbocycles. The third kappa shape index (κ3) is 5.04. The molecule has 1 fully saturated rings. The van der Waals surface area contributed by atoms with E-state index in [2.05, 4.69) is 10.6 Å². The van der Waals surface area contributed by atoms with Gasteiger partial charge in [-0.25, -0.2) is 0 Å². The van der Waals surface area contributed by atoms with E-state index >= 15 is 0 Å². The molecule has 0 aromatic carbocycles. The lowest BCUT2D eigenvalue weighted by Gasteiger charge is -2.23. The number of carbonyl (C=O) groups excluding carboxylic acids is 2. The van der Waals surface area contributed by atoms with Crippen molar-refractivity contribution in [1.29, 1.82) is 0 Å². The van der Waals surface area contributed by atoms with Gasteiger partial charge in [0.1, 0.15) is 0 Å². The number of hydrogen-bond acceptors (Lipinski definition) is 3. The molecule has 1 aliphatic rings. The SMILES string of the molecule is CC(C)(CNC(=O)CCC1CCNCC1)C(N)=O. The highest BCUT2D eigenvalue weighted by molar-refractivity contribution is 5.82. The molecule has 2 amide bonds. The minimum Gasteiger partial charge on any atom is -0.369 e. The van der Waals surface area contributed by atoms with Gasteiger partial charge in [-0.3, -0.25) is 9.59 Å². The maximum atomic E-state index is 11.7. The summed E-state index contributed by atoms with van der Waals surface area (Å²) < 4.78 is 0. The Balaban J connectivity index is 2.19. The largest absolute Gasteiger partial charge is 0.369 e. The van der Waals surface area contributed by atoms with Crippen molar-refractivity contribution in [2.24, 2.45) is 17.1 Å². The summed E-state index contributed by atoms with van der Waals surface area (Å²) in [6.45, 7) is 5.90. The van der Waals surface area contributed by atoms with Crippen LogP contribution < -0.4 is 16.4 Å². The van der Waals surface area contributed by atoms with Crippen LogP contribution in [0.4, 0.5) is 0 Å². The maximum absolute atomic E-state index is 11.7. The van der Waals surface area contributed by atoms with E-state index < -0.39 is 5.41 Å². The number of nitrogens with two attached hydrogens (primary N) is 1. The van der Waals surface area contributed by atoms with Crippen molar-refractivity contribution in [3.05, 3.63) is 0 Å². The van der Waals surface area contributed by atoms with Crippen LogP contribution in [0.1, 0.15) is 39.5 Å². The average Bonchev–Trinajstić information content (AvgIpc) is 2.35. The summed E-state index contributed by atoms with van der Waals surface area (Å²) in [7, 11) is 0. The van der Waals surface area contributed by atoms with Crippen LogP contribution in [0.2, 0.25) is 0 Å². The molecule has 0 bridgehead atoms. The molecule has 1 heterocycles. The summed E-state index contributed by atoms with van der Waals surface area (Å²) >= 11 is 0. The normalized spacial score (nSPS) is 17.4. The molecule has 5 nitrogen and oxygen atoms in total. The first-order valence-corrected chi connectivity index (χ1v) is 6.69. The topological polar surface area (TPSA) is 84.2 Å². The fourth-order valence-electron chi connectivity index (χ4n) is 2.00. The van der Waals surface area contributed by atoms with Gasteiger partial charge in [0.2, 0.25) is 11.8 Å². The van der Waals surface area contributed by atoms with Gasteiger partial charge in [-0.1, -0.05) is 0 Å². The molecule has 0 radical (unpaired) electrons. The van der Waals surface area contributed by atoms with Gasteiger partial charge in [-0.15, -0.1) is 0 Å². The zero-order chi connectivity index (χ0) is 13.6. The van der Waals surface area contributed by atoms with Crippen molar-refractivity contribution in [2.45, 2.75) is 39.5 Å². The van der Waals surface area contributed by atoms with Crippen molar-refractivity contribution in [3.8, 4) is 0 Å². The fourth-order valence-corrected chi connectivity index (χ4v) is 2.00. The lowest BCUT2D eigenvalue weighted by molar-refractivity contribution is -0.127. The predicted molar refractivity (Wildman–Crippen MR) is 70.8 cm³/mol. The van der Waals surface area contributed by atoms with Gasteiger partial charge in [0.25, 0.3) is 0 Å². The van der Waals surface area contributed by atoms with Gasteiger partial charge in [-0.2, -0.15) is 0 Å². The highest BCUT2D eigenvalue weighted by atomic mass is 16.2. The Bertz CT molecular complexity index is 297. The molecule has 5 heteroatoms. The molecule has 0 aromatic rings. The maximum Gasteiger partial charge on any atom is 0.224 e. The van der Waals surface area contributed by atoms with Gasteiger partial charge in [0.15, 0.2) is 0 Å². The van der Waals surface area contributed by atoms with E-state index in [0.29, 0.717) is 18.9 Å². The molecule has 1 saturated heterocycles. The van der Waals surface area contributed by atoms with Crippen molar-refractivity contribution in [1.82, 2.24) is 10.6 Å². The Morgan fingerprint density at radius 2 is 1.94 bits per heavy atom. The second kappa shape index (κ2) is 6.73. The van der Waals surface area contributed by atoms with Gasteiger partial charge in [0, 0.05) is 13.0 Å². The molecular weight excluding hydrogens is 230 g/mol. The first kappa shape index (κ1) is 15.0. The van der Waals surface area contributed by atoms with Crippen molar-refractivity contribution in [3.63, 3.8) is 0 Å². The third-order valence-corrected chi connectivity index (χ3v) is 3.63. The van der Waals surface area contributed by atoms with E-state index in [1.165, 1.54) is 0 Å². The van der Waals surface area contributed by atoms with E-state index in [0.717, 1.165) is 32.4 Å². The number of nitrogens with one attached hydrogen (secondary N) is 2. The highest BCUT2D eigenvalue weighted by Crippen LogP contribution is 2.18. The summed E-state index contributed by atoms with van der Waals surface area (Å²) in [4.78, 5) is 22.8. The summed E-state index contributed by atoms with van der Waals surface area (Å²) in [5.41, 5.74) is 4.57. The molecule has 1 aliphatic heterocycles. The van der Waals surface area contributed by atoms with Gasteiger partial charge >= 0.3 is 0 Å². The van der Waals surface area contributed by atoms with E-state index in [4.69, 9.17) is 5.73 Å². The van der Waals surface area contributed by atoms with Gasteiger partial charge < -0.3 is 16.4 Å². The Morgan fingerprint density at radius 3 is 2.50 bits per heavy atom. The minimum atomic E-state index is -0.676. The molecule has 0 aliphatic carbocycles. The number of primary amides is 1. The third-order valence-electron chi connectivity index (χ3n) is 3.63. The van der Waals surface area contributed by atoms with E-state index in [9.17, 15) is 9.59 Å². The predicted octanol–water partition coefficient (Wildman–Crippen LogP) is 0.394. The Morgan fingerprint density at radius 1 is 1.33 bits per heavy atom. The quantitative estimate of drug-likeness (QED) is 0.642. The van der Waals surface area contributed by atoms with Crippen LogP contribution in [0.5, 0.6) is 0 Å². The lowest BCUT2D eigenvalue weighted by atomic mass is 9.91. The van der Waals surface area contributed by atoms with Crippen molar-refractivity contribution in [2.75, 3.05) is 19.6 Å². The first-order chi connectivity index (χ1) is 8.42. The average molecular weight is 255 g/mol. The van der Waals surface area contributed by atoms with E-state index in [1.807, 2.05) is 0 Å². The standard InChI is InChI=1S/C13H25N3O2/c1-13(2,12(14)18)9-16-11(17)4-3-10-5-7-15-8-6-10/h10,15H,3-9H2,1-2H3,(H2,14,18)(H,16,17). The first-order valence-electron chi connectivity index (χ1n) is 6.69. The van der Waals surface area contributed by atoms with Crippen LogP contribution in [0, 0.1) is 11.3 Å². The molecule has 0 unspecified atom stereocenters. The van der Waals surface area contributed by atoms with Gasteiger partial charge in [0.05, 0.1) is 5.41 Å². The van der Waals surface area contributed by atoms with Crippen LogP contribution in [0.15, 0.2) is 0 Å². The van der Waals surface area contributed by atoms with E-state index in [-0.39, 0.29) is 11.8 Å². The number of carbonyl (C=O) groups is 2. The molecule has 104 valence electrons. The number of amides is 2. The smallest absolute Gasteiger partial charge is 0.224 e. The zero-order valence-corrected chi connectivity index (χ0v) is 11.4. The van der Waals surface area contributed by atoms with Crippen molar-refractivity contribution >= 4 is 11.8 Å². The zero-order valence-electron chi connectivity index (χ0n) is 11.4. The van der Waals surface area contributed by atoms with Crippen LogP contribution in [0.25, 0.3) is 0 Å². The number of piperidine rings is 1. The van der Waals surface area contributed by atoms with Gasteiger partial charge in [-0.05, 0) is 52.1 Å². The Hall–Kier alpha value is -1.10. The monoisotopic (exact) mass is 255 g/mol. The Labute approximate surface area is 109 Å². The second-order valence-electron chi connectivity index (χ2n) is 5.76. The highest BCUT2D eigenvalue weighted by Gasteiger charge is 2.25. The van der Waals surface area contributed by atoms with Crippen LogP contribution in [-0.4, -0.2) is 31.4 Å². The van der Waals surface area contributed by atoms with Crippen LogP contribution in [0.3, 0.4) is 0 Å². The lowest BCUT2D eigenvalue weighted by Crippen LogP contribution is -2.42. The van der Waals surface area contributed by atoms with Crippen molar-refractivity contribution < 1.29 is 9.59 Å².